The Balaban J connectivity index is 3.91. The first-order chi connectivity index (χ1) is 5.56. The summed E-state index contributed by atoms with van der Waals surface area (Å²) in [5.41, 5.74) is -1.26. The highest BCUT2D eigenvalue weighted by atomic mass is 35.5. The first-order valence-corrected chi connectivity index (χ1v) is 3.11. The summed E-state index contributed by atoms with van der Waals surface area (Å²) in [5.74, 6) is -1.76. The average molecular weight is 193 g/mol. The van der Waals surface area contributed by atoms with Gasteiger partial charge in [-0.25, -0.2) is 14.4 Å². The maximum absolute atomic E-state index is 10.5. The van der Waals surface area contributed by atoms with Crippen LogP contribution >= 0.6 is 11.6 Å². The van der Waals surface area contributed by atoms with Gasteiger partial charge in [0.1, 0.15) is 0 Å². The van der Waals surface area contributed by atoms with Crippen LogP contribution in [0.15, 0.2) is 12.2 Å². The lowest BCUT2D eigenvalue weighted by molar-refractivity contribution is -0.136. The molecule has 0 aromatic carbocycles. The molecule has 0 radical (unpaired) electrons. The van der Waals surface area contributed by atoms with E-state index in [1.807, 2.05) is 0 Å². The van der Waals surface area contributed by atoms with Crippen LogP contribution in [0.5, 0.6) is 0 Å². The quantitative estimate of drug-likeness (QED) is 0.278. The zero-order valence-corrected chi connectivity index (χ0v) is 6.83. The summed E-state index contributed by atoms with van der Waals surface area (Å²) in [5, 5.41) is 0. The van der Waals surface area contributed by atoms with Crippen LogP contribution in [0.2, 0.25) is 0 Å². The van der Waals surface area contributed by atoms with Crippen LogP contribution in [0, 0.1) is 0 Å². The summed E-state index contributed by atoms with van der Waals surface area (Å²) < 4.78 is 7.99. The summed E-state index contributed by atoms with van der Waals surface area (Å²) in [6.07, 6.45) is 1.54. The van der Waals surface area contributed by atoms with Crippen LogP contribution in [-0.2, 0) is 19.1 Å². The van der Waals surface area contributed by atoms with Crippen LogP contribution in [-0.4, -0.2) is 24.5 Å². The highest BCUT2D eigenvalue weighted by molar-refractivity contribution is 6.62. The minimum absolute atomic E-state index is 0.728. The van der Waals surface area contributed by atoms with E-state index in [1.54, 1.807) is 0 Å². The zero-order valence-electron chi connectivity index (χ0n) is 6.07. The van der Waals surface area contributed by atoms with Gasteiger partial charge in [0.25, 0.3) is 0 Å². The van der Waals surface area contributed by atoms with Crippen molar-refractivity contribution in [3.05, 3.63) is 12.2 Å². The Hall–Kier alpha value is -1.36. The first-order valence-electron chi connectivity index (χ1n) is 2.73. The van der Waals surface area contributed by atoms with Crippen molar-refractivity contribution in [2.45, 2.75) is 0 Å². The molecule has 5 nitrogen and oxygen atoms in total. The van der Waals surface area contributed by atoms with Crippen molar-refractivity contribution in [1.29, 1.82) is 0 Å². The van der Waals surface area contributed by atoms with E-state index >= 15 is 0 Å². The minimum Gasteiger partial charge on any atom is -0.466 e. The van der Waals surface area contributed by atoms with E-state index in [1.165, 1.54) is 0 Å². The fourth-order valence-electron chi connectivity index (χ4n) is 0.317. The number of hydrogen-bond donors (Lipinski definition) is 0. The third kappa shape index (κ3) is 5.43. The zero-order chi connectivity index (χ0) is 9.56. The molecule has 0 fully saturated rings. The molecule has 66 valence electrons. The summed E-state index contributed by atoms with van der Waals surface area (Å²) in [6.45, 7) is 0. The van der Waals surface area contributed by atoms with Crippen LogP contribution in [0.1, 0.15) is 0 Å². The summed E-state index contributed by atoms with van der Waals surface area (Å²) in [6, 6.07) is 0. The van der Waals surface area contributed by atoms with E-state index in [-0.39, 0.29) is 0 Å². The molecule has 0 saturated carbocycles. The fraction of sp³-hybridized carbons (Fsp3) is 0.167. The largest absolute Gasteiger partial charge is 0.466 e. The molecule has 6 heteroatoms. The number of carbonyl (C=O) groups excluding carboxylic acids is 3. The highest BCUT2D eigenvalue weighted by Gasteiger charge is 2.03. The van der Waals surface area contributed by atoms with Gasteiger partial charge in [-0.05, 0) is 0 Å². The predicted molar refractivity (Wildman–Crippen MR) is 38.5 cm³/mol. The predicted octanol–water partition coefficient (Wildman–Crippen LogP) is 0.618. The van der Waals surface area contributed by atoms with Gasteiger partial charge in [-0.1, -0.05) is 0 Å². The Labute approximate surface area is 72.9 Å². The highest BCUT2D eigenvalue weighted by Crippen LogP contribution is 1.89. The fourth-order valence-corrected chi connectivity index (χ4v) is 0.393. The number of hydrogen-bond acceptors (Lipinski definition) is 5. The normalized spacial score (nSPS) is 9.50. The molecule has 0 unspecified atom stereocenters. The van der Waals surface area contributed by atoms with Crippen molar-refractivity contribution in [3.63, 3.8) is 0 Å². The molecule has 0 heterocycles. The van der Waals surface area contributed by atoms with Gasteiger partial charge in [-0.15, -0.1) is 0 Å². The smallest absolute Gasteiger partial charge is 0.411 e. The van der Waals surface area contributed by atoms with Crippen molar-refractivity contribution in [2.24, 2.45) is 0 Å². The van der Waals surface area contributed by atoms with Gasteiger partial charge < -0.3 is 9.47 Å². The molecule has 0 aliphatic heterocycles. The second-order valence-electron chi connectivity index (χ2n) is 1.52. The van der Waals surface area contributed by atoms with E-state index in [9.17, 15) is 14.4 Å². The Kier molecular flexibility index (Phi) is 4.71. The Bertz CT molecular complexity index is 232. The molecule has 0 atom stereocenters. The van der Waals surface area contributed by atoms with Gasteiger partial charge in [0.05, 0.1) is 7.11 Å². The van der Waals surface area contributed by atoms with Gasteiger partial charge >= 0.3 is 17.4 Å². The third-order valence-corrected chi connectivity index (χ3v) is 0.815. The van der Waals surface area contributed by atoms with Crippen molar-refractivity contribution >= 4 is 29.0 Å². The molecule has 0 amide bonds. The number of carbonyl (C=O) groups is 3. The number of esters is 2. The maximum atomic E-state index is 10.5. The lowest BCUT2D eigenvalue weighted by Gasteiger charge is -1.90. The van der Waals surface area contributed by atoms with E-state index in [0.717, 1.165) is 19.3 Å². The van der Waals surface area contributed by atoms with Gasteiger partial charge in [0.15, 0.2) is 0 Å². The lowest BCUT2D eigenvalue weighted by Crippen LogP contribution is -2.03. The first kappa shape index (κ1) is 10.6. The maximum Gasteiger partial charge on any atom is 0.411 e. The van der Waals surface area contributed by atoms with Gasteiger partial charge in [0, 0.05) is 23.8 Å². The summed E-state index contributed by atoms with van der Waals surface area (Å²) in [4.78, 5) is 30.8. The van der Waals surface area contributed by atoms with E-state index in [0.29, 0.717) is 0 Å². The van der Waals surface area contributed by atoms with Gasteiger partial charge in [-0.2, -0.15) is 0 Å². The Morgan fingerprint density at radius 3 is 2.08 bits per heavy atom. The second-order valence-corrected chi connectivity index (χ2v) is 1.82. The van der Waals surface area contributed by atoms with Crippen molar-refractivity contribution in [1.82, 2.24) is 0 Å². The van der Waals surface area contributed by atoms with Crippen LogP contribution in [0.4, 0.5) is 4.79 Å². The standard InChI is InChI=1S/C6H5ClO5/c1-11-4(8)2-3-5(9)12-6(7)10/h2-3H,1H3/b3-2-. The monoisotopic (exact) mass is 192 g/mol. The molecule has 0 aromatic rings. The van der Waals surface area contributed by atoms with E-state index in [2.05, 4.69) is 21.1 Å². The molecule has 12 heavy (non-hydrogen) atoms. The molecular weight excluding hydrogens is 188 g/mol. The molecule has 0 N–H and O–H groups in total. The van der Waals surface area contributed by atoms with E-state index < -0.39 is 17.4 Å². The number of rotatable bonds is 2. The molecule has 0 aliphatic rings. The second kappa shape index (κ2) is 5.31. The average Bonchev–Trinajstić information content (AvgIpc) is 1.99. The van der Waals surface area contributed by atoms with E-state index in [4.69, 9.17) is 0 Å². The summed E-state index contributed by atoms with van der Waals surface area (Å²) in [7, 11) is 1.14. The number of halogens is 1. The topological polar surface area (TPSA) is 69.7 Å². The molecule has 0 saturated heterocycles. The molecule has 0 spiro atoms. The molecule has 0 bridgehead atoms. The van der Waals surface area contributed by atoms with Crippen molar-refractivity contribution in [2.75, 3.05) is 7.11 Å². The molecule has 0 aliphatic carbocycles. The Morgan fingerprint density at radius 1 is 1.17 bits per heavy atom. The van der Waals surface area contributed by atoms with Crippen LogP contribution < -0.4 is 0 Å². The van der Waals surface area contributed by atoms with Crippen molar-refractivity contribution in [3.8, 4) is 0 Å². The van der Waals surface area contributed by atoms with Crippen molar-refractivity contribution < 1.29 is 23.9 Å². The minimum atomic E-state index is -1.26. The molecule has 0 aromatic heterocycles. The summed E-state index contributed by atoms with van der Waals surface area (Å²) >= 11 is 4.69. The van der Waals surface area contributed by atoms with Crippen LogP contribution in [0.3, 0.4) is 0 Å². The van der Waals surface area contributed by atoms with Gasteiger partial charge in [0.2, 0.25) is 0 Å². The molecule has 0 rings (SSSR count). The third-order valence-electron chi connectivity index (χ3n) is 0.738. The van der Waals surface area contributed by atoms with Crippen LogP contribution in [0.25, 0.3) is 0 Å². The SMILES string of the molecule is COC(=O)/C=C\C(=O)OC(=O)Cl. The number of ether oxygens (including phenoxy) is 2. The Morgan fingerprint density at radius 2 is 1.67 bits per heavy atom. The lowest BCUT2D eigenvalue weighted by atomic mass is 10.5. The molecular formula is C6H5ClO5. The number of methoxy groups -OCH3 is 1. The van der Waals surface area contributed by atoms with Gasteiger partial charge in [-0.3, -0.25) is 0 Å².